The van der Waals surface area contributed by atoms with Crippen molar-refractivity contribution in [2.45, 2.75) is 20.8 Å². The standard InChI is InChI=1S/C30H29N3/c1-22-18-23(2)28(24(3)19-22)33-21-32(20-27-16-10-11-17-31-27)29(25-12-6-4-7-13-25)30(33)26-14-8-5-9-15-26/h4-20,31H,21H2,1-3H3/b27-20-. The molecule has 1 N–H and O–H groups in total. The molecule has 33 heavy (non-hydrogen) atoms. The van der Waals surface area contributed by atoms with Gasteiger partial charge in [0.25, 0.3) is 0 Å². The molecule has 5 rings (SSSR count). The first-order valence-electron chi connectivity index (χ1n) is 11.4. The van der Waals surface area contributed by atoms with Crippen molar-refractivity contribution >= 4 is 17.1 Å². The summed E-state index contributed by atoms with van der Waals surface area (Å²) in [5.41, 5.74) is 11.1. The lowest BCUT2D eigenvalue weighted by Crippen LogP contribution is -2.26. The number of nitrogens with one attached hydrogen (secondary N) is 1. The van der Waals surface area contributed by atoms with Gasteiger partial charge < -0.3 is 15.1 Å². The molecule has 2 aliphatic heterocycles. The molecule has 0 spiro atoms. The van der Waals surface area contributed by atoms with Crippen molar-refractivity contribution in [1.29, 1.82) is 0 Å². The van der Waals surface area contributed by atoms with Crippen LogP contribution in [0.15, 0.2) is 109 Å². The zero-order valence-corrected chi connectivity index (χ0v) is 19.4. The third kappa shape index (κ3) is 4.10. The quantitative estimate of drug-likeness (QED) is 0.494. The first-order chi connectivity index (χ1) is 16.1. The highest BCUT2D eigenvalue weighted by Gasteiger charge is 2.32. The first-order valence-corrected chi connectivity index (χ1v) is 11.4. The average Bonchev–Trinajstić information content (AvgIpc) is 3.18. The molecular weight excluding hydrogens is 402 g/mol. The van der Waals surface area contributed by atoms with Crippen LogP contribution in [0, 0.1) is 20.8 Å². The Bertz CT molecular complexity index is 1260. The van der Waals surface area contributed by atoms with Gasteiger partial charge in [-0.05, 0) is 44.1 Å². The van der Waals surface area contributed by atoms with Crippen LogP contribution in [-0.4, -0.2) is 11.6 Å². The van der Waals surface area contributed by atoms with Crippen LogP contribution in [0.25, 0.3) is 11.4 Å². The monoisotopic (exact) mass is 431 g/mol. The lowest BCUT2D eigenvalue weighted by Gasteiger charge is -2.27. The van der Waals surface area contributed by atoms with Crippen LogP contribution in [0.4, 0.5) is 5.69 Å². The lowest BCUT2D eigenvalue weighted by atomic mass is 10.0. The van der Waals surface area contributed by atoms with E-state index in [1.54, 1.807) is 0 Å². The average molecular weight is 432 g/mol. The molecular formula is C30H29N3. The van der Waals surface area contributed by atoms with Crippen LogP contribution < -0.4 is 10.2 Å². The van der Waals surface area contributed by atoms with Gasteiger partial charge in [0.1, 0.15) is 0 Å². The number of aryl methyl sites for hydroxylation is 3. The Hall–Kier alpha value is -3.98. The first kappa shape index (κ1) is 20.9. The molecule has 0 amide bonds. The molecule has 0 aromatic heterocycles. The molecule has 3 aromatic carbocycles. The Morgan fingerprint density at radius 3 is 1.94 bits per heavy atom. The van der Waals surface area contributed by atoms with Crippen molar-refractivity contribution in [1.82, 2.24) is 10.2 Å². The summed E-state index contributed by atoms with van der Waals surface area (Å²) in [4.78, 5) is 4.84. The van der Waals surface area contributed by atoms with Crippen LogP contribution >= 0.6 is 0 Å². The summed E-state index contributed by atoms with van der Waals surface area (Å²) < 4.78 is 0. The Labute approximate surface area is 196 Å². The van der Waals surface area contributed by atoms with Crippen LogP contribution in [0.1, 0.15) is 27.8 Å². The number of anilines is 1. The van der Waals surface area contributed by atoms with Gasteiger partial charge in [0.15, 0.2) is 0 Å². The molecule has 0 unspecified atom stereocenters. The molecule has 0 aliphatic carbocycles. The maximum atomic E-state index is 3.37. The summed E-state index contributed by atoms with van der Waals surface area (Å²) in [6.07, 6.45) is 10.4. The van der Waals surface area contributed by atoms with E-state index in [9.17, 15) is 0 Å². The van der Waals surface area contributed by atoms with E-state index in [0.717, 1.165) is 12.4 Å². The summed E-state index contributed by atoms with van der Waals surface area (Å²) in [7, 11) is 0. The topological polar surface area (TPSA) is 18.5 Å². The van der Waals surface area contributed by atoms with E-state index in [1.807, 2.05) is 12.3 Å². The molecule has 2 aliphatic rings. The molecule has 0 atom stereocenters. The highest BCUT2D eigenvalue weighted by molar-refractivity contribution is 6.00. The second kappa shape index (κ2) is 8.87. The van der Waals surface area contributed by atoms with E-state index in [2.05, 4.69) is 127 Å². The van der Waals surface area contributed by atoms with Crippen molar-refractivity contribution in [2.75, 3.05) is 11.6 Å². The lowest BCUT2D eigenvalue weighted by molar-refractivity contribution is 0.562. The minimum absolute atomic E-state index is 0.738. The number of hydrogen-bond acceptors (Lipinski definition) is 3. The molecule has 164 valence electrons. The van der Waals surface area contributed by atoms with Crippen molar-refractivity contribution in [2.24, 2.45) is 0 Å². The molecule has 2 heterocycles. The predicted octanol–water partition coefficient (Wildman–Crippen LogP) is 6.73. The Kier molecular flexibility index (Phi) is 5.62. The van der Waals surface area contributed by atoms with Crippen molar-refractivity contribution in [3.05, 3.63) is 137 Å². The van der Waals surface area contributed by atoms with E-state index in [0.29, 0.717) is 0 Å². The summed E-state index contributed by atoms with van der Waals surface area (Å²) in [6.45, 7) is 7.35. The Morgan fingerprint density at radius 2 is 1.36 bits per heavy atom. The number of allylic oxidation sites excluding steroid dienone is 3. The normalized spacial score (nSPS) is 16.6. The molecule has 3 nitrogen and oxygen atoms in total. The van der Waals surface area contributed by atoms with E-state index in [1.165, 1.54) is 44.9 Å². The number of dihydropyridines is 1. The number of benzene rings is 3. The van der Waals surface area contributed by atoms with Gasteiger partial charge in [-0.3, -0.25) is 0 Å². The fourth-order valence-electron chi connectivity index (χ4n) is 4.89. The molecule has 3 heteroatoms. The maximum Gasteiger partial charge on any atom is 0.0997 e. The Morgan fingerprint density at radius 1 is 0.758 bits per heavy atom. The molecule has 3 aromatic rings. The number of nitrogens with zero attached hydrogens (tertiary/aromatic N) is 2. The Balaban J connectivity index is 1.76. The van der Waals surface area contributed by atoms with Crippen LogP contribution in [0.5, 0.6) is 0 Å². The van der Waals surface area contributed by atoms with E-state index in [-0.39, 0.29) is 0 Å². The fraction of sp³-hybridized carbons (Fsp3) is 0.133. The van der Waals surface area contributed by atoms with E-state index >= 15 is 0 Å². The summed E-state index contributed by atoms with van der Waals surface area (Å²) in [5, 5.41) is 3.37. The highest BCUT2D eigenvalue weighted by Crippen LogP contribution is 2.43. The molecule has 0 saturated carbocycles. The van der Waals surface area contributed by atoms with Gasteiger partial charge in [0, 0.05) is 29.2 Å². The summed E-state index contributed by atoms with van der Waals surface area (Å²) >= 11 is 0. The molecule has 0 radical (unpaired) electrons. The van der Waals surface area contributed by atoms with Gasteiger partial charge in [0.05, 0.1) is 23.8 Å². The van der Waals surface area contributed by atoms with Gasteiger partial charge in [-0.2, -0.15) is 0 Å². The maximum absolute atomic E-state index is 3.37. The highest BCUT2D eigenvalue weighted by atomic mass is 15.4. The number of hydrogen-bond donors (Lipinski definition) is 1. The van der Waals surface area contributed by atoms with Crippen LogP contribution in [0.2, 0.25) is 0 Å². The number of rotatable bonds is 4. The SMILES string of the molecule is Cc1cc(C)c(N2CN(/C=C3/C=CC=CN3)C(c3ccccc3)=C2c2ccccc2)c(C)c1. The zero-order chi connectivity index (χ0) is 22.8. The smallest absolute Gasteiger partial charge is 0.0997 e. The molecule has 0 bridgehead atoms. The van der Waals surface area contributed by atoms with Crippen molar-refractivity contribution in [3.8, 4) is 0 Å². The van der Waals surface area contributed by atoms with E-state index in [4.69, 9.17) is 0 Å². The molecule has 0 saturated heterocycles. The van der Waals surface area contributed by atoms with Crippen molar-refractivity contribution in [3.63, 3.8) is 0 Å². The van der Waals surface area contributed by atoms with Gasteiger partial charge in [-0.25, -0.2) is 0 Å². The van der Waals surface area contributed by atoms with E-state index < -0.39 is 0 Å². The second-order valence-electron chi connectivity index (χ2n) is 8.66. The second-order valence-corrected chi connectivity index (χ2v) is 8.66. The zero-order valence-electron chi connectivity index (χ0n) is 19.4. The minimum Gasteiger partial charge on any atom is -0.361 e. The van der Waals surface area contributed by atoms with Gasteiger partial charge >= 0.3 is 0 Å². The van der Waals surface area contributed by atoms with Crippen LogP contribution in [0.3, 0.4) is 0 Å². The summed E-state index contributed by atoms with van der Waals surface area (Å²) in [5.74, 6) is 0. The van der Waals surface area contributed by atoms with Gasteiger partial charge in [-0.15, -0.1) is 0 Å². The van der Waals surface area contributed by atoms with Crippen molar-refractivity contribution < 1.29 is 0 Å². The largest absolute Gasteiger partial charge is 0.361 e. The minimum atomic E-state index is 0.738. The fourth-order valence-corrected chi connectivity index (χ4v) is 4.89. The van der Waals surface area contributed by atoms with Crippen LogP contribution in [-0.2, 0) is 0 Å². The molecule has 0 fully saturated rings. The van der Waals surface area contributed by atoms with Gasteiger partial charge in [0.2, 0.25) is 0 Å². The predicted molar refractivity (Wildman–Crippen MR) is 139 cm³/mol. The summed E-state index contributed by atoms with van der Waals surface area (Å²) in [6, 6.07) is 26.0. The third-order valence-corrected chi connectivity index (χ3v) is 6.10. The third-order valence-electron chi connectivity index (χ3n) is 6.10. The van der Waals surface area contributed by atoms with Gasteiger partial charge in [-0.1, -0.05) is 84.4 Å².